The third-order valence-electron chi connectivity index (χ3n) is 6.79. The molecule has 5 atom stereocenters. The van der Waals surface area contributed by atoms with Crippen LogP contribution in [-0.2, 0) is 0 Å². The van der Waals surface area contributed by atoms with E-state index < -0.39 is 5.60 Å². The summed E-state index contributed by atoms with van der Waals surface area (Å²) in [7, 11) is 0. The molecule has 1 heteroatoms. The second-order valence-electron chi connectivity index (χ2n) is 7.70. The van der Waals surface area contributed by atoms with Crippen LogP contribution in [0.3, 0.4) is 0 Å². The zero-order chi connectivity index (χ0) is 11.8. The Bertz CT molecular complexity index is 313. The predicted octanol–water partition coefficient (Wildman–Crippen LogP) is 3.61. The van der Waals surface area contributed by atoms with Crippen LogP contribution in [0.1, 0.15) is 59.8 Å². The molecule has 0 heterocycles. The van der Waals surface area contributed by atoms with E-state index in [0.29, 0.717) is 16.7 Å². The van der Waals surface area contributed by atoms with Crippen molar-refractivity contribution in [2.75, 3.05) is 0 Å². The van der Waals surface area contributed by atoms with Crippen LogP contribution in [0, 0.1) is 28.6 Å². The Hall–Kier alpha value is -0.0400. The average Bonchev–Trinajstić information content (AvgIpc) is 2.58. The van der Waals surface area contributed by atoms with E-state index in [1.54, 1.807) is 0 Å². The molecule has 3 rings (SSSR count). The summed E-state index contributed by atoms with van der Waals surface area (Å²) in [6, 6.07) is 0. The Labute approximate surface area is 99.6 Å². The van der Waals surface area contributed by atoms with Crippen LogP contribution < -0.4 is 0 Å². The van der Waals surface area contributed by atoms with Gasteiger partial charge in [0.2, 0.25) is 0 Å². The Kier molecular flexibility index (Phi) is 1.98. The first kappa shape index (κ1) is 11.1. The van der Waals surface area contributed by atoms with Crippen molar-refractivity contribution >= 4 is 0 Å². The molecule has 0 amide bonds. The van der Waals surface area contributed by atoms with E-state index in [9.17, 15) is 5.11 Å². The molecule has 0 aromatic heterocycles. The fraction of sp³-hybridized carbons (Fsp3) is 1.00. The van der Waals surface area contributed by atoms with Crippen molar-refractivity contribution in [3.8, 4) is 0 Å². The van der Waals surface area contributed by atoms with Crippen LogP contribution in [0.5, 0.6) is 0 Å². The minimum atomic E-state index is -0.404. The SMILES string of the molecule is CC1CC[C@@H]2C(C)(C)C3CC12CC[C@@]3(C)O. The summed E-state index contributed by atoms with van der Waals surface area (Å²) in [5.74, 6) is 2.29. The Morgan fingerprint density at radius 2 is 1.69 bits per heavy atom. The largest absolute Gasteiger partial charge is 0.390 e. The molecule has 1 nitrogen and oxygen atoms in total. The number of rotatable bonds is 0. The molecule has 0 saturated heterocycles. The van der Waals surface area contributed by atoms with Gasteiger partial charge >= 0.3 is 0 Å². The van der Waals surface area contributed by atoms with Crippen LogP contribution in [0.25, 0.3) is 0 Å². The normalized spacial score (nSPS) is 58.7. The van der Waals surface area contributed by atoms with E-state index in [-0.39, 0.29) is 0 Å². The number of hydrogen-bond donors (Lipinski definition) is 1. The molecule has 2 bridgehead atoms. The van der Waals surface area contributed by atoms with Crippen molar-refractivity contribution < 1.29 is 5.11 Å². The summed E-state index contributed by atoms with van der Waals surface area (Å²) >= 11 is 0. The fourth-order valence-electron chi connectivity index (χ4n) is 5.88. The maximum Gasteiger partial charge on any atom is 0.0653 e. The Balaban J connectivity index is 2.07. The molecule has 0 aliphatic heterocycles. The summed E-state index contributed by atoms with van der Waals surface area (Å²) < 4.78 is 0. The first-order valence-corrected chi connectivity index (χ1v) is 7.03. The zero-order valence-corrected chi connectivity index (χ0v) is 11.2. The van der Waals surface area contributed by atoms with Gasteiger partial charge in [-0.15, -0.1) is 0 Å². The maximum absolute atomic E-state index is 10.6. The monoisotopic (exact) mass is 222 g/mol. The molecular weight excluding hydrogens is 196 g/mol. The van der Waals surface area contributed by atoms with E-state index in [0.717, 1.165) is 18.3 Å². The molecule has 3 saturated carbocycles. The number of aliphatic hydroxyl groups is 1. The fourth-order valence-corrected chi connectivity index (χ4v) is 5.88. The second-order valence-corrected chi connectivity index (χ2v) is 7.70. The Morgan fingerprint density at radius 1 is 1.00 bits per heavy atom. The van der Waals surface area contributed by atoms with Crippen molar-refractivity contribution in [3.05, 3.63) is 0 Å². The van der Waals surface area contributed by atoms with E-state index in [1.165, 1.54) is 25.7 Å². The summed E-state index contributed by atoms with van der Waals surface area (Å²) in [5, 5.41) is 10.6. The lowest BCUT2D eigenvalue weighted by Gasteiger charge is -2.44. The van der Waals surface area contributed by atoms with Gasteiger partial charge in [0.15, 0.2) is 0 Å². The van der Waals surface area contributed by atoms with Crippen LogP contribution in [-0.4, -0.2) is 10.7 Å². The van der Waals surface area contributed by atoms with Gasteiger partial charge in [-0.25, -0.2) is 0 Å². The molecule has 0 radical (unpaired) electrons. The highest BCUT2D eigenvalue weighted by Crippen LogP contribution is 2.73. The topological polar surface area (TPSA) is 20.2 Å². The second kappa shape index (κ2) is 2.85. The number of fused-ring (bicyclic) bond motifs is 1. The quantitative estimate of drug-likeness (QED) is 0.664. The van der Waals surface area contributed by atoms with Gasteiger partial charge < -0.3 is 5.11 Å². The molecule has 0 aromatic carbocycles. The summed E-state index contributed by atoms with van der Waals surface area (Å²) in [4.78, 5) is 0. The first-order valence-electron chi connectivity index (χ1n) is 7.03. The number of hydrogen-bond acceptors (Lipinski definition) is 1. The van der Waals surface area contributed by atoms with Crippen molar-refractivity contribution in [3.63, 3.8) is 0 Å². The van der Waals surface area contributed by atoms with E-state index in [2.05, 4.69) is 27.7 Å². The maximum atomic E-state index is 10.6. The third-order valence-corrected chi connectivity index (χ3v) is 6.79. The smallest absolute Gasteiger partial charge is 0.0653 e. The van der Waals surface area contributed by atoms with Crippen molar-refractivity contribution in [1.82, 2.24) is 0 Å². The van der Waals surface area contributed by atoms with Crippen molar-refractivity contribution in [1.29, 1.82) is 0 Å². The molecular formula is C15H26O. The van der Waals surface area contributed by atoms with Crippen LogP contribution in [0.4, 0.5) is 0 Å². The van der Waals surface area contributed by atoms with Crippen LogP contribution >= 0.6 is 0 Å². The van der Waals surface area contributed by atoms with Crippen molar-refractivity contribution in [2.45, 2.75) is 65.4 Å². The average molecular weight is 222 g/mol. The van der Waals surface area contributed by atoms with Gasteiger partial charge in [0.25, 0.3) is 0 Å². The highest BCUT2D eigenvalue weighted by Gasteiger charge is 2.67. The summed E-state index contributed by atoms with van der Waals surface area (Å²) in [5.41, 5.74) is 0.542. The molecule has 16 heavy (non-hydrogen) atoms. The van der Waals surface area contributed by atoms with E-state index in [4.69, 9.17) is 0 Å². The summed E-state index contributed by atoms with van der Waals surface area (Å²) in [6.45, 7) is 9.38. The van der Waals surface area contributed by atoms with E-state index >= 15 is 0 Å². The minimum absolute atomic E-state index is 0.352. The van der Waals surface area contributed by atoms with E-state index in [1.807, 2.05) is 0 Å². The Morgan fingerprint density at radius 3 is 2.38 bits per heavy atom. The van der Waals surface area contributed by atoms with Crippen LogP contribution in [0.15, 0.2) is 0 Å². The zero-order valence-electron chi connectivity index (χ0n) is 11.2. The lowest BCUT2D eigenvalue weighted by atomic mass is 9.64. The third kappa shape index (κ3) is 1.06. The molecule has 1 N–H and O–H groups in total. The molecule has 3 unspecified atom stereocenters. The van der Waals surface area contributed by atoms with Gasteiger partial charge in [0.05, 0.1) is 5.60 Å². The standard InChI is InChI=1S/C15H26O/c1-10-5-6-11-13(2,3)12-9-15(10,11)8-7-14(12,4)16/h10-12,16H,5-9H2,1-4H3/t10?,11-,12?,14-,15?/m1/s1. The van der Waals surface area contributed by atoms with Crippen LogP contribution in [0.2, 0.25) is 0 Å². The molecule has 1 spiro atoms. The van der Waals surface area contributed by atoms with Crippen molar-refractivity contribution in [2.24, 2.45) is 28.6 Å². The highest BCUT2D eigenvalue weighted by atomic mass is 16.3. The predicted molar refractivity (Wildman–Crippen MR) is 66.1 cm³/mol. The first-order chi connectivity index (χ1) is 7.31. The van der Waals surface area contributed by atoms with Gasteiger partial charge in [-0.05, 0) is 67.6 Å². The van der Waals surface area contributed by atoms with Gasteiger partial charge in [-0.2, -0.15) is 0 Å². The molecule has 3 aliphatic carbocycles. The van der Waals surface area contributed by atoms with Gasteiger partial charge in [0.1, 0.15) is 0 Å². The summed E-state index contributed by atoms with van der Waals surface area (Å²) in [6.07, 6.45) is 6.41. The highest BCUT2D eigenvalue weighted by molar-refractivity contribution is 5.16. The lowest BCUT2D eigenvalue weighted by molar-refractivity contribution is -0.0717. The lowest BCUT2D eigenvalue weighted by Crippen LogP contribution is -2.44. The molecule has 0 aromatic rings. The molecule has 3 fully saturated rings. The van der Waals surface area contributed by atoms with Gasteiger partial charge in [-0.1, -0.05) is 20.8 Å². The molecule has 3 aliphatic rings. The minimum Gasteiger partial charge on any atom is -0.390 e. The van der Waals surface area contributed by atoms with Gasteiger partial charge in [-0.3, -0.25) is 0 Å². The van der Waals surface area contributed by atoms with Gasteiger partial charge in [0, 0.05) is 0 Å². The molecule has 92 valence electrons.